The molecule has 10 heteroatoms. The summed E-state index contributed by atoms with van der Waals surface area (Å²) < 4.78 is 35.8. The van der Waals surface area contributed by atoms with E-state index in [-0.39, 0.29) is 22.5 Å². The van der Waals surface area contributed by atoms with Gasteiger partial charge in [-0.2, -0.15) is 4.98 Å². The van der Waals surface area contributed by atoms with Crippen LogP contribution in [0.2, 0.25) is 36.3 Å². The summed E-state index contributed by atoms with van der Waals surface area (Å²) in [7, 11) is -4.39. The van der Waals surface area contributed by atoms with Gasteiger partial charge in [-0.25, -0.2) is 9.18 Å². The van der Waals surface area contributed by atoms with Crippen molar-refractivity contribution in [3.8, 4) is 0 Å². The van der Waals surface area contributed by atoms with E-state index in [9.17, 15) is 4.79 Å². The zero-order valence-electron chi connectivity index (χ0n) is 20.7. The predicted octanol–water partition coefficient (Wildman–Crippen LogP) is 4.47. The Bertz CT molecular complexity index is 833. The largest absolute Gasteiger partial charge is 0.414 e. The minimum atomic E-state index is -2.31. The average molecular weight is 476 g/mol. The first kappa shape index (κ1) is 26.2. The normalized spacial score (nSPS) is 25.8. The van der Waals surface area contributed by atoms with Gasteiger partial charge in [-0.15, -0.1) is 0 Å². The van der Waals surface area contributed by atoms with E-state index >= 15 is 4.39 Å². The molecule has 0 spiro atoms. The van der Waals surface area contributed by atoms with Gasteiger partial charge in [0, 0.05) is 6.20 Å². The van der Waals surface area contributed by atoms with Gasteiger partial charge in [0.25, 0.3) is 0 Å². The number of aromatic nitrogens is 2. The van der Waals surface area contributed by atoms with Crippen LogP contribution < -0.4 is 11.4 Å². The topological polar surface area (TPSA) is 88.6 Å². The van der Waals surface area contributed by atoms with Crippen molar-refractivity contribution in [3.05, 3.63) is 22.7 Å². The second-order valence-corrected chi connectivity index (χ2v) is 21.0. The second-order valence-electron chi connectivity index (χ2n) is 11.5. The van der Waals surface area contributed by atoms with Crippen LogP contribution in [0, 0.1) is 0 Å². The number of hydrogen-bond donors (Lipinski definition) is 1. The van der Waals surface area contributed by atoms with Crippen molar-refractivity contribution < 1.29 is 18.0 Å². The maximum absolute atomic E-state index is 15.8. The van der Waals surface area contributed by atoms with Crippen LogP contribution in [-0.2, 0) is 13.6 Å². The molecule has 1 aliphatic rings. The molecule has 0 bridgehead atoms. The number of halogens is 1. The molecule has 0 aliphatic carbocycles. The highest BCUT2D eigenvalue weighted by Crippen LogP contribution is 2.43. The van der Waals surface area contributed by atoms with Crippen LogP contribution in [0.15, 0.2) is 17.1 Å². The molecule has 0 saturated carbocycles. The second kappa shape index (κ2) is 8.70. The molecule has 1 saturated heterocycles. The van der Waals surface area contributed by atoms with Crippen LogP contribution in [-0.4, -0.2) is 51.2 Å². The fourth-order valence-electron chi connectivity index (χ4n) is 2.84. The molecule has 31 heavy (non-hydrogen) atoms. The molecule has 1 aromatic heterocycles. The zero-order chi connectivity index (χ0) is 24.0. The third kappa shape index (κ3) is 5.65. The van der Waals surface area contributed by atoms with Gasteiger partial charge in [0.1, 0.15) is 18.0 Å². The first-order chi connectivity index (χ1) is 13.9. The lowest BCUT2D eigenvalue weighted by Crippen LogP contribution is -2.50. The Morgan fingerprint density at radius 1 is 1.13 bits per heavy atom. The van der Waals surface area contributed by atoms with E-state index in [1.807, 2.05) is 0 Å². The minimum absolute atomic E-state index is 0.00766. The van der Waals surface area contributed by atoms with Gasteiger partial charge < -0.3 is 19.3 Å². The highest BCUT2D eigenvalue weighted by atomic mass is 28.4. The standard InChI is InChI=1S/C21H40FN3O4Si2/c1-20(2,3)30(7,8)27-13-14-17(29-31(9,10)21(4,5)6)16(22)18(28-14)25-12-11-15(23)24-19(25)26/h11-12,14,16-18H,13H2,1-10H3,(H2,23,24,26)/t14-,16-,17-,18-/m1/s1/i23+1,24+1. The van der Waals surface area contributed by atoms with Crippen molar-refractivity contribution in [2.75, 3.05) is 12.3 Å². The summed E-state index contributed by atoms with van der Waals surface area (Å²) in [6.07, 6.45) is -2.72. The molecule has 0 unspecified atom stereocenters. The van der Waals surface area contributed by atoms with E-state index in [1.165, 1.54) is 12.3 Å². The number of hydrogen-bond acceptors (Lipinski definition) is 6. The van der Waals surface area contributed by atoms with Crippen molar-refractivity contribution in [2.24, 2.45) is 0 Å². The van der Waals surface area contributed by atoms with Gasteiger partial charge in [-0.1, -0.05) is 41.5 Å². The number of ether oxygens (including phenoxy) is 1. The van der Waals surface area contributed by atoms with Gasteiger partial charge in [-0.05, 0) is 42.3 Å². The highest BCUT2D eigenvalue weighted by molar-refractivity contribution is 6.74. The predicted molar refractivity (Wildman–Crippen MR) is 127 cm³/mol. The quantitative estimate of drug-likeness (QED) is 0.482. The zero-order valence-corrected chi connectivity index (χ0v) is 22.7. The molecule has 1 fully saturated rings. The monoisotopic (exact) mass is 475 g/mol. The molecule has 0 aromatic carbocycles. The smallest absolute Gasteiger partial charge is 0.351 e. The maximum Gasteiger partial charge on any atom is 0.351 e. The number of nitrogen functional groups attached to an aromatic ring is 1. The number of nitrogens with two attached hydrogens (primary N) is 1. The van der Waals surface area contributed by atoms with E-state index in [1.54, 1.807) is 0 Å². The molecule has 178 valence electrons. The van der Waals surface area contributed by atoms with Crippen LogP contribution in [0.25, 0.3) is 0 Å². The molecule has 4 atom stereocenters. The lowest BCUT2D eigenvalue weighted by atomic mass is 10.1. The molecule has 2 heterocycles. The summed E-state index contributed by atoms with van der Waals surface area (Å²) in [6.45, 7) is 21.4. The molecule has 1 aromatic rings. The Morgan fingerprint density at radius 2 is 1.68 bits per heavy atom. The van der Waals surface area contributed by atoms with Crippen molar-refractivity contribution in [3.63, 3.8) is 0 Å². The first-order valence-corrected chi connectivity index (χ1v) is 16.6. The van der Waals surface area contributed by atoms with E-state index in [2.05, 4.69) is 72.7 Å². The lowest BCUT2D eigenvalue weighted by Gasteiger charge is -2.40. The highest BCUT2D eigenvalue weighted by Gasteiger charge is 2.52. The molecule has 1 aliphatic heterocycles. The molecule has 2 rings (SSSR count). The Kier molecular flexibility index (Phi) is 7.34. The molecule has 2 N–H and O–H groups in total. The lowest BCUT2D eigenvalue weighted by molar-refractivity contribution is -0.0454. The first-order valence-electron chi connectivity index (χ1n) is 10.8. The Labute approximate surface area is 187 Å². The summed E-state index contributed by atoms with van der Waals surface area (Å²) in [5, 5.41) is -0.0943. The summed E-state index contributed by atoms with van der Waals surface area (Å²) in [5.74, 6) is 0.0848. The van der Waals surface area contributed by atoms with Crippen LogP contribution >= 0.6 is 0 Å². The fourth-order valence-corrected chi connectivity index (χ4v) is 5.17. The van der Waals surface area contributed by atoms with Gasteiger partial charge in [-0.3, -0.25) is 4.57 Å². The third-order valence-electron chi connectivity index (χ3n) is 7.04. The number of nitrogens with zero attached hydrogens (tertiary/aromatic N) is 2. The van der Waals surface area contributed by atoms with E-state index in [0.717, 1.165) is 4.57 Å². The average Bonchev–Trinajstić information content (AvgIpc) is 2.87. The Morgan fingerprint density at radius 3 is 2.16 bits per heavy atom. The van der Waals surface area contributed by atoms with Crippen molar-refractivity contribution >= 4 is 22.5 Å². The summed E-state index contributed by atoms with van der Waals surface area (Å²) in [6, 6.07) is 1.46. The molecule has 7 nitrogen and oxygen atoms in total. The van der Waals surface area contributed by atoms with Crippen molar-refractivity contribution in [2.45, 2.75) is 102 Å². The van der Waals surface area contributed by atoms with Crippen LogP contribution in [0.5, 0.6) is 0 Å². The molecular weight excluding hydrogens is 435 g/mol. The van der Waals surface area contributed by atoms with E-state index in [0.29, 0.717) is 0 Å². The number of rotatable bonds is 6. The summed E-state index contributed by atoms with van der Waals surface area (Å²) in [4.78, 5) is 16.1. The van der Waals surface area contributed by atoms with Crippen molar-refractivity contribution in [1.29, 1.82) is 0 Å². The maximum atomic E-state index is 15.8. The molecule has 0 amide bonds. The Balaban J connectivity index is 2.36. The summed E-state index contributed by atoms with van der Waals surface area (Å²) in [5.41, 5.74) is 4.94. The van der Waals surface area contributed by atoms with Gasteiger partial charge in [0.05, 0.1) is 6.61 Å². The van der Waals surface area contributed by atoms with Crippen LogP contribution in [0.3, 0.4) is 0 Å². The minimum Gasteiger partial charge on any atom is -0.414 e. The molecular formula is C21H40FN3O4Si2. The fraction of sp³-hybridized carbons (Fsp3) is 0.810. The Hall–Kier alpha value is -1.08. The van der Waals surface area contributed by atoms with Crippen LogP contribution in [0.4, 0.5) is 10.2 Å². The number of anilines is 1. The van der Waals surface area contributed by atoms with E-state index < -0.39 is 46.9 Å². The van der Waals surface area contributed by atoms with Gasteiger partial charge in [0.2, 0.25) is 0 Å². The van der Waals surface area contributed by atoms with Gasteiger partial charge in [0.15, 0.2) is 29.0 Å². The SMILES string of the molecule is CC(C)(C)[Si](C)(C)OC[C@H]1O[C@@H](n2ccc([15NH2])[15n]c2=O)[C@H](F)[C@@H]1O[Si](C)(C)C(C)(C)C. The van der Waals surface area contributed by atoms with E-state index in [4.69, 9.17) is 19.3 Å². The summed E-state index contributed by atoms with van der Waals surface area (Å²) >= 11 is 0. The number of alkyl halides is 1. The van der Waals surface area contributed by atoms with Crippen LogP contribution in [0.1, 0.15) is 47.8 Å². The van der Waals surface area contributed by atoms with Gasteiger partial charge >= 0.3 is 5.69 Å². The third-order valence-corrected chi connectivity index (χ3v) is 16.0. The molecule has 0 radical (unpaired) electrons. The van der Waals surface area contributed by atoms with Crippen molar-refractivity contribution in [1.82, 2.24) is 9.55 Å².